The van der Waals surface area contributed by atoms with Crippen molar-refractivity contribution in [2.24, 2.45) is 0 Å². The lowest BCUT2D eigenvalue weighted by molar-refractivity contribution is -0.145. The van der Waals surface area contributed by atoms with Crippen molar-refractivity contribution in [3.63, 3.8) is 0 Å². The van der Waals surface area contributed by atoms with E-state index in [1.54, 1.807) is 23.1 Å². The Kier molecular flexibility index (Phi) is 3.50. The van der Waals surface area contributed by atoms with Crippen LogP contribution in [0.1, 0.15) is 23.2 Å². The van der Waals surface area contributed by atoms with Crippen LogP contribution in [0.5, 0.6) is 0 Å². The Balaban J connectivity index is 1.92. The number of carbonyl (C=O) groups is 2. The number of hydrogen-bond donors (Lipinski definition) is 1. The highest BCUT2D eigenvalue weighted by Crippen LogP contribution is 2.23. The molecule has 110 valence electrons. The van der Waals surface area contributed by atoms with Gasteiger partial charge in [0.25, 0.3) is 10.7 Å². The SMILES string of the molecule is COC(=O)[C@@H]1CCCN1C(=O)c1ccc2[nH]c(=S)oc2c1. The average molecular weight is 306 g/mol. The summed E-state index contributed by atoms with van der Waals surface area (Å²) in [6, 6.07) is 4.57. The highest BCUT2D eigenvalue weighted by molar-refractivity contribution is 7.71. The lowest BCUT2D eigenvalue weighted by Gasteiger charge is -2.22. The summed E-state index contributed by atoms with van der Waals surface area (Å²) in [6.45, 7) is 0.549. The number of benzene rings is 1. The van der Waals surface area contributed by atoms with E-state index in [2.05, 4.69) is 4.98 Å². The minimum atomic E-state index is -0.504. The number of aromatic amines is 1. The molecule has 3 rings (SSSR count). The van der Waals surface area contributed by atoms with Gasteiger partial charge in [0.1, 0.15) is 6.04 Å². The molecule has 0 radical (unpaired) electrons. The van der Waals surface area contributed by atoms with Gasteiger partial charge in [0, 0.05) is 12.1 Å². The van der Waals surface area contributed by atoms with E-state index < -0.39 is 6.04 Å². The Hall–Kier alpha value is -2.15. The van der Waals surface area contributed by atoms with Crippen molar-refractivity contribution in [1.29, 1.82) is 0 Å². The number of esters is 1. The zero-order valence-corrected chi connectivity index (χ0v) is 12.2. The van der Waals surface area contributed by atoms with E-state index >= 15 is 0 Å². The zero-order chi connectivity index (χ0) is 15.0. The molecule has 1 aromatic heterocycles. The molecule has 1 amide bonds. The summed E-state index contributed by atoms with van der Waals surface area (Å²) in [6.07, 6.45) is 1.42. The van der Waals surface area contributed by atoms with E-state index in [1.165, 1.54) is 7.11 Å². The monoisotopic (exact) mass is 306 g/mol. The van der Waals surface area contributed by atoms with E-state index in [0.29, 0.717) is 24.1 Å². The summed E-state index contributed by atoms with van der Waals surface area (Å²) in [7, 11) is 1.33. The number of fused-ring (bicyclic) bond motifs is 1. The van der Waals surface area contributed by atoms with Gasteiger partial charge in [-0.3, -0.25) is 4.79 Å². The number of carbonyl (C=O) groups excluding carboxylic acids is 2. The highest BCUT2D eigenvalue weighted by Gasteiger charge is 2.35. The van der Waals surface area contributed by atoms with Crippen LogP contribution in [0.15, 0.2) is 22.6 Å². The Labute approximate surface area is 125 Å². The molecule has 6 nitrogen and oxygen atoms in total. The van der Waals surface area contributed by atoms with Crippen molar-refractivity contribution < 1.29 is 18.7 Å². The van der Waals surface area contributed by atoms with Crippen molar-refractivity contribution in [1.82, 2.24) is 9.88 Å². The van der Waals surface area contributed by atoms with Crippen LogP contribution in [0, 0.1) is 4.84 Å². The van der Waals surface area contributed by atoms with Crippen LogP contribution < -0.4 is 0 Å². The third kappa shape index (κ3) is 2.44. The number of nitrogens with one attached hydrogen (secondary N) is 1. The molecule has 1 aromatic carbocycles. The molecule has 0 spiro atoms. The molecule has 2 heterocycles. The zero-order valence-electron chi connectivity index (χ0n) is 11.4. The predicted molar refractivity (Wildman–Crippen MR) is 77.5 cm³/mol. The summed E-state index contributed by atoms with van der Waals surface area (Å²) >= 11 is 4.92. The van der Waals surface area contributed by atoms with Gasteiger partial charge < -0.3 is 19.0 Å². The van der Waals surface area contributed by atoms with E-state index in [-0.39, 0.29) is 16.7 Å². The molecule has 1 atom stereocenters. The fourth-order valence-electron chi connectivity index (χ4n) is 2.64. The predicted octanol–water partition coefficient (Wildman–Crippen LogP) is 2.27. The number of likely N-dealkylation sites (tertiary alicyclic amines) is 1. The second-order valence-corrected chi connectivity index (χ2v) is 5.28. The minimum absolute atomic E-state index is 0.202. The Morgan fingerprint density at radius 2 is 2.29 bits per heavy atom. The summed E-state index contributed by atoms with van der Waals surface area (Å²) in [4.78, 5) is 29.0. The maximum atomic E-state index is 12.6. The van der Waals surface area contributed by atoms with E-state index in [4.69, 9.17) is 21.4 Å². The second-order valence-electron chi connectivity index (χ2n) is 4.91. The molecule has 0 unspecified atom stereocenters. The molecule has 0 saturated carbocycles. The molecule has 1 N–H and O–H groups in total. The first-order chi connectivity index (χ1) is 10.1. The van der Waals surface area contributed by atoms with E-state index in [0.717, 1.165) is 11.9 Å². The van der Waals surface area contributed by atoms with Gasteiger partial charge >= 0.3 is 5.97 Å². The van der Waals surface area contributed by atoms with Gasteiger partial charge in [-0.25, -0.2) is 4.79 Å². The largest absolute Gasteiger partial charge is 0.467 e. The third-order valence-electron chi connectivity index (χ3n) is 3.65. The number of methoxy groups -OCH3 is 1. The fraction of sp³-hybridized carbons (Fsp3) is 0.357. The topological polar surface area (TPSA) is 75.5 Å². The van der Waals surface area contributed by atoms with Crippen molar-refractivity contribution >= 4 is 35.2 Å². The van der Waals surface area contributed by atoms with E-state index in [9.17, 15) is 9.59 Å². The average Bonchev–Trinajstić information content (AvgIpc) is 3.09. The number of hydrogen-bond acceptors (Lipinski definition) is 5. The summed E-state index contributed by atoms with van der Waals surface area (Å²) in [5, 5.41) is 0. The summed E-state index contributed by atoms with van der Waals surface area (Å²) in [5.74, 6) is -0.576. The Bertz CT molecular complexity index is 764. The molecule has 0 bridgehead atoms. The summed E-state index contributed by atoms with van der Waals surface area (Å²) in [5.41, 5.74) is 1.73. The van der Waals surface area contributed by atoms with E-state index in [1.807, 2.05) is 0 Å². The molecule has 7 heteroatoms. The smallest absolute Gasteiger partial charge is 0.328 e. The Morgan fingerprint density at radius 1 is 1.48 bits per heavy atom. The number of amides is 1. The summed E-state index contributed by atoms with van der Waals surface area (Å²) < 4.78 is 10.1. The number of nitrogens with zero attached hydrogens (tertiary/aromatic N) is 1. The number of H-pyrrole nitrogens is 1. The normalized spacial score (nSPS) is 18.1. The molecule has 2 aromatic rings. The van der Waals surface area contributed by atoms with Crippen molar-refractivity contribution in [2.45, 2.75) is 18.9 Å². The first-order valence-electron chi connectivity index (χ1n) is 6.62. The molecule has 1 aliphatic rings. The first kappa shape index (κ1) is 13.8. The van der Waals surface area contributed by atoms with Crippen LogP contribution in [0.4, 0.5) is 0 Å². The molecule has 21 heavy (non-hydrogen) atoms. The van der Waals surface area contributed by atoms with Crippen molar-refractivity contribution in [3.05, 3.63) is 28.6 Å². The maximum absolute atomic E-state index is 12.6. The molecular formula is C14H14N2O4S. The quantitative estimate of drug-likeness (QED) is 0.680. The molecule has 0 aliphatic carbocycles. The third-order valence-corrected chi connectivity index (χ3v) is 3.84. The number of oxazole rings is 1. The number of aromatic nitrogens is 1. The van der Waals surface area contributed by atoms with Gasteiger partial charge in [-0.05, 0) is 43.3 Å². The molecular weight excluding hydrogens is 292 g/mol. The first-order valence-corrected chi connectivity index (χ1v) is 7.02. The number of rotatable bonds is 2. The van der Waals surface area contributed by atoms with Gasteiger partial charge in [-0.2, -0.15) is 0 Å². The van der Waals surface area contributed by atoms with Crippen molar-refractivity contribution in [2.75, 3.05) is 13.7 Å². The van der Waals surface area contributed by atoms with Gasteiger partial charge in [0.2, 0.25) is 0 Å². The van der Waals surface area contributed by atoms with Gasteiger partial charge in [-0.15, -0.1) is 0 Å². The van der Waals surface area contributed by atoms with Crippen molar-refractivity contribution in [3.8, 4) is 0 Å². The lowest BCUT2D eigenvalue weighted by Crippen LogP contribution is -2.41. The van der Waals surface area contributed by atoms with Gasteiger partial charge in [0.15, 0.2) is 5.58 Å². The maximum Gasteiger partial charge on any atom is 0.328 e. The number of ether oxygens (including phenoxy) is 1. The van der Waals surface area contributed by atoms with Crippen LogP contribution >= 0.6 is 12.2 Å². The standard InChI is InChI=1S/C14H14N2O4S/c1-19-13(18)10-3-2-6-16(10)12(17)8-4-5-9-11(7-8)20-14(21)15-9/h4-5,7,10H,2-3,6H2,1H3,(H,15,21)/t10-/m0/s1. The highest BCUT2D eigenvalue weighted by atomic mass is 32.1. The van der Waals surface area contributed by atoms with Crippen LogP contribution in [0.2, 0.25) is 0 Å². The van der Waals surface area contributed by atoms with Gasteiger partial charge in [0.05, 0.1) is 12.6 Å². The molecule has 1 fully saturated rings. The lowest BCUT2D eigenvalue weighted by atomic mass is 10.1. The molecule has 1 aliphatic heterocycles. The fourth-order valence-corrected chi connectivity index (χ4v) is 2.83. The van der Waals surface area contributed by atoms with Gasteiger partial charge in [-0.1, -0.05) is 0 Å². The van der Waals surface area contributed by atoms with Crippen LogP contribution in [0.3, 0.4) is 0 Å². The second kappa shape index (κ2) is 5.33. The van der Waals surface area contributed by atoms with Crippen LogP contribution in [0.25, 0.3) is 11.1 Å². The Morgan fingerprint density at radius 3 is 3.05 bits per heavy atom. The van der Waals surface area contributed by atoms with Crippen LogP contribution in [-0.4, -0.2) is 41.5 Å². The molecule has 1 saturated heterocycles. The minimum Gasteiger partial charge on any atom is -0.467 e. The van der Waals surface area contributed by atoms with Crippen LogP contribution in [-0.2, 0) is 9.53 Å².